The third kappa shape index (κ3) is 5.08. The molecule has 2 amide bonds. The van der Waals surface area contributed by atoms with Gasteiger partial charge in [-0.1, -0.05) is 6.07 Å². The average molecular weight is 394 g/mol. The quantitative estimate of drug-likeness (QED) is 0.709. The lowest BCUT2D eigenvalue weighted by Gasteiger charge is -2.13. The summed E-state index contributed by atoms with van der Waals surface area (Å²) in [7, 11) is 0. The first kappa shape index (κ1) is 19.4. The largest absolute Gasteiger partial charge is 0.351 e. The molecule has 1 aromatic heterocycles. The van der Waals surface area contributed by atoms with E-state index < -0.39 is 23.1 Å². The van der Waals surface area contributed by atoms with E-state index in [1.807, 2.05) is 0 Å². The van der Waals surface area contributed by atoms with Crippen molar-refractivity contribution in [2.45, 2.75) is 19.3 Å². The van der Waals surface area contributed by atoms with Gasteiger partial charge in [-0.25, -0.2) is 13.8 Å². The Balaban J connectivity index is 1.50. The minimum absolute atomic E-state index is 0.102. The van der Waals surface area contributed by atoms with Gasteiger partial charge in [0.25, 0.3) is 11.8 Å². The summed E-state index contributed by atoms with van der Waals surface area (Å²) in [6.45, 7) is 3.72. The fraction of sp³-hybridized carbons (Fsp3) is 0.389. The summed E-state index contributed by atoms with van der Waals surface area (Å²) in [4.78, 5) is 30.5. The highest BCUT2D eigenvalue weighted by atomic mass is 32.1. The molecule has 2 heterocycles. The first-order chi connectivity index (χ1) is 13.0. The zero-order valence-corrected chi connectivity index (χ0v) is 15.5. The smallest absolute Gasteiger partial charge is 0.270 e. The van der Waals surface area contributed by atoms with Crippen LogP contribution in [-0.4, -0.2) is 47.9 Å². The number of carbonyl (C=O) groups is 2. The Morgan fingerprint density at radius 1 is 1.15 bits per heavy atom. The standard InChI is InChI=1S/C18H20F2N4O2S/c19-12-5-3-6-13(20)15(12)17(26)23-18-22-14(11-27-18)16(25)21-7-4-10-24-8-1-2-9-24/h3,5-6,11H,1-2,4,7-10H2,(H,21,25)(H,22,23,26). The third-order valence-electron chi connectivity index (χ3n) is 4.28. The van der Waals surface area contributed by atoms with Crippen LogP contribution in [-0.2, 0) is 0 Å². The second-order valence-electron chi connectivity index (χ2n) is 6.25. The normalized spacial score (nSPS) is 14.3. The Morgan fingerprint density at radius 3 is 2.56 bits per heavy atom. The number of nitrogens with zero attached hydrogens (tertiary/aromatic N) is 2. The number of thiazole rings is 1. The molecule has 0 spiro atoms. The lowest BCUT2D eigenvalue weighted by atomic mass is 10.2. The van der Waals surface area contributed by atoms with Crippen LogP contribution in [0.25, 0.3) is 0 Å². The first-order valence-electron chi connectivity index (χ1n) is 8.76. The molecule has 1 aliphatic rings. The van der Waals surface area contributed by atoms with E-state index in [0.29, 0.717) is 6.54 Å². The number of nitrogens with one attached hydrogen (secondary N) is 2. The summed E-state index contributed by atoms with van der Waals surface area (Å²) in [5.74, 6) is -3.21. The molecule has 0 aliphatic carbocycles. The molecule has 0 atom stereocenters. The van der Waals surface area contributed by atoms with E-state index in [9.17, 15) is 18.4 Å². The topological polar surface area (TPSA) is 74.3 Å². The van der Waals surface area contributed by atoms with E-state index in [0.717, 1.165) is 49.5 Å². The van der Waals surface area contributed by atoms with Gasteiger partial charge in [-0.15, -0.1) is 11.3 Å². The van der Waals surface area contributed by atoms with E-state index in [4.69, 9.17) is 0 Å². The minimum Gasteiger partial charge on any atom is -0.351 e. The Kier molecular flexibility index (Phi) is 6.46. The van der Waals surface area contributed by atoms with Crippen LogP contribution in [0.1, 0.15) is 40.1 Å². The molecule has 1 aromatic carbocycles. The van der Waals surface area contributed by atoms with Crippen molar-refractivity contribution >= 4 is 28.3 Å². The second-order valence-corrected chi connectivity index (χ2v) is 7.10. The second kappa shape index (κ2) is 9.01. The average Bonchev–Trinajstić information content (AvgIpc) is 3.30. The Morgan fingerprint density at radius 2 is 1.85 bits per heavy atom. The van der Waals surface area contributed by atoms with Crippen LogP contribution in [0, 0.1) is 11.6 Å². The SMILES string of the molecule is O=C(NCCCN1CCCC1)c1csc(NC(=O)c2c(F)cccc2F)n1. The van der Waals surface area contributed by atoms with Gasteiger partial charge in [-0.3, -0.25) is 14.9 Å². The van der Waals surface area contributed by atoms with E-state index in [1.54, 1.807) is 0 Å². The van der Waals surface area contributed by atoms with Crippen molar-refractivity contribution in [1.29, 1.82) is 0 Å². The molecule has 3 rings (SSSR count). The maximum atomic E-state index is 13.6. The fourth-order valence-electron chi connectivity index (χ4n) is 2.91. The third-order valence-corrected chi connectivity index (χ3v) is 5.04. The molecular formula is C18H20F2N4O2S. The summed E-state index contributed by atoms with van der Waals surface area (Å²) in [5.41, 5.74) is -0.522. The van der Waals surface area contributed by atoms with Gasteiger partial charge >= 0.3 is 0 Å². The Bertz CT molecular complexity index is 801. The van der Waals surface area contributed by atoms with Crippen molar-refractivity contribution in [1.82, 2.24) is 15.2 Å². The number of hydrogen-bond donors (Lipinski definition) is 2. The van der Waals surface area contributed by atoms with Gasteiger partial charge in [-0.2, -0.15) is 0 Å². The lowest BCUT2D eigenvalue weighted by molar-refractivity contribution is 0.0946. The first-order valence-corrected chi connectivity index (χ1v) is 9.64. The minimum atomic E-state index is -0.958. The van der Waals surface area contributed by atoms with Crippen LogP contribution in [0.15, 0.2) is 23.6 Å². The van der Waals surface area contributed by atoms with Gasteiger partial charge in [0, 0.05) is 11.9 Å². The summed E-state index contributed by atoms with van der Waals surface area (Å²) in [6, 6.07) is 3.18. The van der Waals surface area contributed by atoms with E-state index in [-0.39, 0.29) is 16.7 Å². The monoisotopic (exact) mass is 394 g/mol. The number of aromatic nitrogens is 1. The zero-order chi connectivity index (χ0) is 19.2. The van der Waals surface area contributed by atoms with Crippen LogP contribution < -0.4 is 10.6 Å². The number of rotatable bonds is 7. The van der Waals surface area contributed by atoms with Crippen molar-refractivity contribution in [3.63, 3.8) is 0 Å². The van der Waals surface area contributed by atoms with Gasteiger partial charge in [-0.05, 0) is 51.0 Å². The van der Waals surface area contributed by atoms with E-state index in [1.165, 1.54) is 24.3 Å². The molecule has 2 aromatic rings. The fourth-order valence-corrected chi connectivity index (χ4v) is 3.60. The van der Waals surface area contributed by atoms with Crippen molar-refractivity contribution in [3.8, 4) is 0 Å². The van der Waals surface area contributed by atoms with Crippen molar-refractivity contribution in [2.24, 2.45) is 0 Å². The van der Waals surface area contributed by atoms with Gasteiger partial charge in [0.1, 0.15) is 22.9 Å². The van der Waals surface area contributed by atoms with Crippen LogP contribution >= 0.6 is 11.3 Å². The van der Waals surface area contributed by atoms with Crippen molar-refractivity contribution in [2.75, 3.05) is 31.5 Å². The number of amides is 2. The molecule has 144 valence electrons. The molecule has 2 N–H and O–H groups in total. The molecule has 6 nitrogen and oxygen atoms in total. The molecule has 0 saturated carbocycles. The predicted octanol–water partition coefficient (Wildman–Crippen LogP) is 2.89. The Hall–Kier alpha value is -2.39. The molecule has 1 fully saturated rings. The van der Waals surface area contributed by atoms with Gasteiger partial charge in [0.05, 0.1) is 0 Å². The van der Waals surface area contributed by atoms with Crippen LogP contribution in [0.5, 0.6) is 0 Å². The van der Waals surface area contributed by atoms with Gasteiger partial charge in [0.15, 0.2) is 5.13 Å². The molecule has 1 saturated heterocycles. The summed E-state index contributed by atoms with van der Waals surface area (Å²) < 4.78 is 27.3. The van der Waals surface area contributed by atoms with E-state index in [2.05, 4.69) is 20.5 Å². The molecule has 0 radical (unpaired) electrons. The highest BCUT2D eigenvalue weighted by Crippen LogP contribution is 2.19. The molecule has 1 aliphatic heterocycles. The zero-order valence-electron chi connectivity index (χ0n) is 14.6. The van der Waals surface area contributed by atoms with Crippen LogP contribution in [0.2, 0.25) is 0 Å². The lowest BCUT2D eigenvalue weighted by Crippen LogP contribution is -2.28. The number of likely N-dealkylation sites (tertiary alicyclic amines) is 1. The maximum absolute atomic E-state index is 13.6. The molecular weight excluding hydrogens is 374 g/mol. The number of benzene rings is 1. The summed E-state index contributed by atoms with van der Waals surface area (Å²) in [6.07, 6.45) is 3.32. The number of carbonyl (C=O) groups excluding carboxylic acids is 2. The summed E-state index contributed by atoms with van der Waals surface area (Å²) >= 11 is 1.02. The van der Waals surface area contributed by atoms with Crippen molar-refractivity contribution in [3.05, 3.63) is 46.5 Å². The molecule has 0 bridgehead atoms. The number of hydrogen-bond acceptors (Lipinski definition) is 5. The number of halogens is 2. The van der Waals surface area contributed by atoms with Crippen LogP contribution in [0.3, 0.4) is 0 Å². The van der Waals surface area contributed by atoms with Crippen LogP contribution in [0.4, 0.5) is 13.9 Å². The maximum Gasteiger partial charge on any atom is 0.270 e. The molecule has 0 unspecified atom stereocenters. The highest BCUT2D eigenvalue weighted by Gasteiger charge is 2.19. The van der Waals surface area contributed by atoms with Gasteiger partial charge in [0.2, 0.25) is 0 Å². The predicted molar refractivity (Wildman–Crippen MR) is 99.0 cm³/mol. The van der Waals surface area contributed by atoms with Crippen molar-refractivity contribution < 1.29 is 18.4 Å². The summed E-state index contributed by atoms with van der Waals surface area (Å²) in [5, 5.41) is 6.70. The molecule has 9 heteroatoms. The number of anilines is 1. The van der Waals surface area contributed by atoms with Gasteiger partial charge < -0.3 is 10.2 Å². The molecule has 27 heavy (non-hydrogen) atoms. The van der Waals surface area contributed by atoms with E-state index >= 15 is 0 Å². The highest BCUT2D eigenvalue weighted by molar-refractivity contribution is 7.14. The Labute approximate surface area is 159 Å².